The van der Waals surface area contributed by atoms with Gasteiger partial charge in [0.25, 0.3) is 0 Å². The lowest BCUT2D eigenvalue weighted by molar-refractivity contribution is 0.279. The molecule has 5 heteroatoms. The third kappa shape index (κ3) is 5.46. The van der Waals surface area contributed by atoms with E-state index in [9.17, 15) is 0 Å². The van der Waals surface area contributed by atoms with E-state index in [0.717, 1.165) is 17.5 Å². The molecule has 0 spiro atoms. The van der Waals surface area contributed by atoms with Crippen LogP contribution in [-0.4, -0.2) is 23.8 Å². The summed E-state index contributed by atoms with van der Waals surface area (Å²) in [6.45, 7) is 0.447. The fourth-order valence-electron chi connectivity index (χ4n) is 2.62. The molecule has 0 bridgehead atoms. The summed E-state index contributed by atoms with van der Waals surface area (Å²) in [5.74, 6) is 1.84. The van der Waals surface area contributed by atoms with Gasteiger partial charge in [0, 0.05) is 12.7 Å². The SMILES string of the molecule is COc1ccc(CCCO)cc1OCc1coc(/C=C/c2ccccc2)n1. The molecule has 0 saturated heterocycles. The zero-order valence-electron chi connectivity index (χ0n) is 15.3. The van der Waals surface area contributed by atoms with Gasteiger partial charge in [0.15, 0.2) is 11.5 Å². The topological polar surface area (TPSA) is 64.7 Å². The first-order valence-electron chi connectivity index (χ1n) is 8.86. The van der Waals surface area contributed by atoms with Crippen LogP contribution >= 0.6 is 0 Å². The maximum absolute atomic E-state index is 8.99. The molecule has 2 aromatic carbocycles. The fraction of sp³-hybridized carbons (Fsp3) is 0.227. The number of aliphatic hydroxyl groups is 1. The maximum atomic E-state index is 8.99. The average molecular weight is 365 g/mol. The first-order valence-corrected chi connectivity index (χ1v) is 8.86. The highest BCUT2D eigenvalue weighted by Crippen LogP contribution is 2.29. The smallest absolute Gasteiger partial charge is 0.218 e. The van der Waals surface area contributed by atoms with E-state index in [-0.39, 0.29) is 13.2 Å². The van der Waals surface area contributed by atoms with Crippen LogP contribution in [0.5, 0.6) is 11.5 Å². The Labute approximate surface area is 158 Å². The van der Waals surface area contributed by atoms with Crippen LogP contribution in [0.15, 0.2) is 59.2 Å². The van der Waals surface area contributed by atoms with Crippen molar-refractivity contribution in [2.75, 3.05) is 13.7 Å². The van der Waals surface area contributed by atoms with Gasteiger partial charge in [-0.3, -0.25) is 0 Å². The van der Waals surface area contributed by atoms with Gasteiger partial charge in [0.2, 0.25) is 5.89 Å². The lowest BCUT2D eigenvalue weighted by atomic mass is 10.1. The standard InChI is InChI=1S/C22H23NO4/c1-25-20-11-9-18(8-5-13-24)14-21(20)26-15-19-16-27-22(23-19)12-10-17-6-3-2-4-7-17/h2-4,6-7,9-12,14,16,24H,5,8,13,15H2,1H3/b12-10+. The van der Waals surface area contributed by atoms with E-state index in [2.05, 4.69) is 4.98 Å². The van der Waals surface area contributed by atoms with E-state index in [1.165, 1.54) is 0 Å². The van der Waals surface area contributed by atoms with Crippen molar-refractivity contribution >= 4 is 12.2 Å². The third-order valence-electron chi connectivity index (χ3n) is 4.01. The Kier molecular flexibility index (Phi) is 6.66. The Balaban J connectivity index is 1.63. The first kappa shape index (κ1) is 18.7. The van der Waals surface area contributed by atoms with Gasteiger partial charge in [-0.2, -0.15) is 0 Å². The average Bonchev–Trinajstić information content (AvgIpc) is 3.18. The van der Waals surface area contributed by atoms with Crippen molar-refractivity contribution < 1.29 is 19.0 Å². The number of ether oxygens (including phenoxy) is 2. The largest absolute Gasteiger partial charge is 0.493 e. The normalized spacial score (nSPS) is 11.0. The summed E-state index contributed by atoms with van der Waals surface area (Å²) < 4.78 is 16.7. The lowest BCUT2D eigenvalue weighted by Crippen LogP contribution is -1.99. The second-order valence-corrected chi connectivity index (χ2v) is 6.02. The summed E-state index contributed by atoms with van der Waals surface area (Å²) in [6.07, 6.45) is 6.87. The number of rotatable bonds is 9. The summed E-state index contributed by atoms with van der Waals surface area (Å²) in [7, 11) is 1.61. The molecular weight excluding hydrogens is 342 g/mol. The maximum Gasteiger partial charge on any atom is 0.218 e. The molecule has 0 amide bonds. The summed E-state index contributed by atoms with van der Waals surface area (Å²) in [4.78, 5) is 4.42. The predicted octanol–water partition coefficient (Wildman–Crippen LogP) is 4.36. The van der Waals surface area contributed by atoms with Gasteiger partial charge in [-0.25, -0.2) is 4.98 Å². The molecule has 140 valence electrons. The Hall–Kier alpha value is -3.05. The highest BCUT2D eigenvalue weighted by Gasteiger charge is 2.08. The molecule has 0 fully saturated rings. The summed E-state index contributed by atoms with van der Waals surface area (Å²) in [6, 6.07) is 15.8. The van der Waals surface area contributed by atoms with Crippen LogP contribution in [0.3, 0.4) is 0 Å². The molecule has 3 rings (SSSR count). The lowest BCUT2D eigenvalue weighted by Gasteiger charge is -2.11. The third-order valence-corrected chi connectivity index (χ3v) is 4.01. The number of nitrogens with zero attached hydrogens (tertiary/aromatic N) is 1. The van der Waals surface area contributed by atoms with Crippen molar-refractivity contribution in [2.45, 2.75) is 19.4 Å². The fourth-order valence-corrected chi connectivity index (χ4v) is 2.62. The van der Waals surface area contributed by atoms with Crippen LogP contribution in [0.25, 0.3) is 12.2 Å². The van der Waals surface area contributed by atoms with E-state index >= 15 is 0 Å². The second-order valence-electron chi connectivity index (χ2n) is 6.02. The molecule has 0 radical (unpaired) electrons. The Bertz CT molecular complexity index is 871. The van der Waals surface area contributed by atoms with Crippen LogP contribution in [0.4, 0.5) is 0 Å². The van der Waals surface area contributed by atoms with Crippen LogP contribution in [-0.2, 0) is 13.0 Å². The van der Waals surface area contributed by atoms with E-state index in [4.69, 9.17) is 19.0 Å². The van der Waals surface area contributed by atoms with Crippen LogP contribution in [0.2, 0.25) is 0 Å². The number of methoxy groups -OCH3 is 1. The quantitative estimate of drug-likeness (QED) is 0.610. The molecule has 0 aliphatic carbocycles. The molecule has 0 saturated carbocycles. The zero-order chi connectivity index (χ0) is 18.9. The molecule has 0 aliphatic rings. The summed E-state index contributed by atoms with van der Waals surface area (Å²) in [5.41, 5.74) is 2.87. The van der Waals surface area contributed by atoms with Gasteiger partial charge < -0.3 is 19.0 Å². The van der Waals surface area contributed by atoms with E-state index in [1.807, 2.05) is 60.7 Å². The van der Waals surface area contributed by atoms with Crippen molar-refractivity contribution in [2.24, 2.45) is 0 Å². The molecule has 0 atom stereocenters. The van der Waals surface area contributed by atoms with Crippen molar-refractivity contribution in [3.63, 3.8) is 0 Å². The van der Waals surface area contributed by atoms with E-state index < -0.39 is 0 Å². The van der Waals surface area contributed by atoms with Crippen molar-refractivity contribution in [3.8, 4) is 11.5 Å². The summed E-state index contributed by atoms with van der Waals surface area (Å²) >= 11 is 0. The molecule has 5 nitrogen and oxygen atoms in total. The molecule has 3 aromatic rings. The number of hydrogen-bond donors (Lipinski definition) is 1. The monoisotopic (exact) mass is 365 g/mol. The van der Waals surface area contributed by atoms with Gasteiger partial charge in [0.05, 0.1) is 7.11 Å². The molecular formula is C22H23NO4. The number of aryl methyl sites for hydroxylation is 1. The van der Waals surface area contributed by atoms with Crippen LogP contribution in [0, 0.1) is 0 Å². The van der Waals surface area contributed by atoms with Crippen LogP contribution < -0.4 is 9.47 Å². The minimum absolute atomic E-state index is 0.167. The molecule has 1 N–H and O–H groups in total. The van der Waals surface area contributed by atoms with Crippen molar-refractivity contribution in [3.05, 3.63) is 77.5 Å². The Morgan fingerprint density at radius 1 is 1.07 bits per heavy atom. The number of hydrogen-bond acceptors (Lipinski definition) is 5. The van der Waals surface area contributed by atoms with Crippen LogP contribution in [0.1, 0.15) is 29.1 Å². The van der Waals surface area contributed by atoms with Gasteiger partial charge >= 0.3 is 0 Å². The number of oxazole rings is 1. The van der Waals surface area contributed by atoms with Gasteiger partial charge in [-0.15, -0.1) is 0 Å². The molecule has 27 heavy (non-hydrogen) atoms. The zero-order valence-corrected chi connectivity index (χ0v) is 15.3. The summed E-state index contributed by atoms with van der Waals surface area (Å²) in [5, 5.41) is 8.99. The second kappa shape index (κ2) is 9.59. The predicted molar refractivity (Wildman–Crippen MR) is 105 cm³/mol. The minimum atomic E-state index is 0.167. The highest BCUT2D eigenvalue weighted by molar-refractivity contribution is 5.65. The number of aliphatic hydroxyl groups excluding tert-OH is 1. The van der Waals surface area contributed by atoms with Crippen molar-refractivity contribution in [1.82, 2.24) is 4.98 Å². The van der Waals surface area contributed by atoms with Gasteiger partial charge in [-0.05, 0) is 42.2 Å². The van der Waals surface area contributed by atoms with E-state index in [1.54, 1.807) is 13.4 Å². The first-order chi connectivity index (χ1) is 13.3. The number of aromatic nitrogens is 1. The molecule has 1 heterocycles. The Morgan fingerprint density at radius 3 is 2.70 bits per heavy atom. The number of benzene rings is 2. The molecule has 1 aromatic heterocycles. The molecule has 0 unspecified atom stereocenters. The van der Waals surface area contributed by atoms with Crippen molar-refractivity contribution in [1.29, 1.82) is 0 Å². The Morgan fingerprint density at radius 2 is 1.93 bits per heavy atom. The highest BCUT2D eigenvalue weighted by atomic mass is 16.5. The molecule has 0 aliphatic heterocycles. The van der Waals surface area contributed by atoms with E-state index in [0.29, 0.717) is 29.5 Å². The minimum Gasteiger partial charge on any atom is -0.493 e. The van der Waals surface area contributed by atoms with Gasteiger partial charge in [0.1, 0.15) is 18.6 Å². The van der Waals surface area contributed by atoms with Gasteiger partial charge in [-0.1, -0.05) is 36.4 Å².